The summed E-state index contributed by atoms with van der Waals surface area (Å²) in [6.45, 7) is 3.17. The van der Waals surface area contributed by atoms with E-state index in [1.54, 1.807) is 17.9 Å². The summed E-state index contributed by atoms with van der Waals surface area (Å²) in [7, 11) is 0. The average molecular weight is 452 g/mol. The van der Waals surface area contributed by atoms with Gasteiger partial charge in [-0.05, 0) is 61.5 Å². The molecule has 1 aromatic heterocycles. The quantitative estimate of drug-likeness (QED) is 0.537. The number of rotatable bonds is 5. The Bertz CT molecular complexity index is 1120. The number of benzene rings is 2. The monoisotopic (exact) mass is 451 g/mol. The first-order chi connectivity index (χ1) is 15.5. The summed E-state index contributed by atoms with van der Waals surface area (Å²) in [6.07, 6.45) is 1.23. The van der Waals surface area contributed by atoms with Crippen LogP contribution >= 0.6 is 11.3 Å². The minimum Gasteiger partial charge on any atom is -0.462 e. The van der Waals surface area contributed by atoms with Crippen LogP contribution < -0.4 is 10.6 Å². The summed E-state index contributed by atoms with van der Waals surface area (Å²) in [5.74, 6) is -0.528. The van der Waals surface area contributed by atoms with Crippen LogP contribution in [0.15, 0.2) is 54.6 Å². The molecule has 0 unspecified atom stereocenters. The number of piperidine rings is 1. The van der Waals surface area contributed by atoms with Gasteiger partial charge in [-0.25, -0.2) is 9.59 Å². The van der Waals surface area contributed by atoms with Gasteiger partial charge in [0.2, 0.25) is 5.91 Å². The number of likely N-dealkylation sites (tertiary alicyclic amines) is 1. The van der Waals surface area contributed by atoms with Crippen LogP contribution in [-0.2, 0) is 9.53 Å². The molecule has 0 atom stereocenters. The zero-order chi connectivity index (χ0) is 22.5. The van der Waals surface area contributed by atoms with E-state index < -0.39 is 0 Å². The maximum absolute atomic E-state index is 12.8. The minimum atomic E-state index is -0.331. The van der Waals surface area contributed by atoms with Crippen LogP contribution in [0.2, 0.25) is 0 Å². The highest BCUT2D eigenvalue weighted by molar-refractivity contribution is 7.20. The molecule has 3 aromatic rings. The summed E-state index contributed by atoms with van der Waals surface area (Å²) in [5, 5.41) is 6.76. The number of carbonyl (C=O) groups is 3. The molecule has 4 rings (SSSR count). The van der Waals surface area contributed by atoms with Gasteiger partial charge in [-0.2, -0.15) is 0 Å². The number of amides is 3. The maximum Gasteiger partial charge on any atom is 0.348 e. The number of fused-ring (bicyclic) bond motifs is 1. The number of urea groups is 1. The Morgan fingerprint density at radius 1 is 1.00 bits per heavy atom. The van der Waals surface area contributed by atoms with Gasteiger partial charge in [0.15, 0.2) is 0 Å². The SMILES string of the molecule is CCOC(=O)c1cc2cc(NC(=O)C3CCN(C(=O)Nc4ccccc4)CC3)ccc2s1. The van der Waals surface area contributed by atoms with E-state index in [1.807, 2.05) is 48.5 Å². The summed E-state index contributed by atoms with van der Waals surface area (Å²) in [6, 6.07) is 16.6. The molecule has 0 aliphatic carbocycles. The predicted octanol–water partition coefficient (Wildman–Crippen LogP) is 4.96. The third-order valence-corrected chi connectivity index (χ3v) is 6.53. The number of anilines is 2. The Hall–Kier alpha value is -3.39. The second kappa shape index (κ2) is 9.82. The molecule has 1 saturated heterocycles. The van der Waals surface area contributed by atoms with Gasteiger partial charge in [-0.15, -0.1) is 11.3 Å². The number of hydrogen-bond acceptors (Lipinski definition) is 5. The van der Waals surface area contributed by atoms with Gasteiger partial charge < -0.3 is 20.3 Å². The number of ether oxygens (including phenoxy) is 1. The van der Waals surface area contributed by atoms with Gasteiger partial charge >= 0.3 is 12.0 Å². The Balaban J connectivity index is 1.32. The molecular weight excluding hydrogens is 426 g/mol. The molecule has 0 bridgehead atoms. The number of hydrogen-bond donors (Lipinski definition) is 2. The first-order valence-corrected chi connectivity index (χ1v) is 11.5. The molecule has 32 heavy (non-hydrogen) atoms. The van der Waals surface area contributed by atoms with Crippen molar-refractivity contribution in [2.75, 3.05) is 30.3 Å². The molecule has 2 heterocycles. The first kappa shape index (κ1) is 21.8. The molecule has 1 aliphatic heterocycles. The Labute approximate surface area is 190 Å². The summed E-state index contributed by atoms with van der Waals surface area (Å²) >= 11 is 1.37. The van der Waals surface area contributed by atoms with E-state index in [0.29, 0.717) is 43.1 Å². The normalized spacial score (nSPS) is 14.2. The Morgan fingerprint density at radius 2 is 1.75 bits per heavy atom. The molecule has 1 fully saturated rings. The number of nitrogens with zero attached hydrogens (tertiary/aromatic N) is 1. The van der Waals surface area contributed by atoms with Crippen LogP contribution in [0.1, 0.15) is 29.4 Å². The van der Waals surface area contributed by atoms with E-state index in [2.05, 4.69) is 10.6 Å². The fourth-order valence-corrected chi connectivity index (χ4v) is 4.67. The molecule has 0 spiro atoms. The highest BCUT2D eigenvalue weighted by Crippen LogP contribution is 2.29. The molecule has 1 aliphatic rings. The fraction of sp³-hybridized carbons (Fsp3) is 0.292. The van der Waals surface area contributed by atoms with E-state index in [-0.39, 0.29) is 23.8 Å². The number of nitrogens with one attached hydrogen (secondary N) is 2. The van der Waals surface area contributed by atoms with Crippen LogP contribution in [0.5, 0.6) is 0 Å². The molecule has 8 heteroatoms. The highest BCUT2D eigenvalue weighted by Gasteiger charge is 2.27. The van der Waals surface area contributed by atoms with Crippen molar-refractivity contribution in [3.8, 4) is 0 Å². The lowest BCUT2D eigenvalue weighted by Gasteiger charge is -2.31. The molecule has 2 N–H and O–H groups in total. The Morgan fingerprint density at radius 3 is 2.47 bits per heavy atom. The maximum atomic E-state index is 12.8. The van der Waals surface area contributed by atoms with E-state index >= 15 is 0 Å². The fourth-order valence-electron chi connectivity index (χ4n) is 3.74. The van der Waals surface area contributed by atoms with Crippen LogP contribution in [0.3, 0.4) is 0 Å². The lowest BCUT2D eigenvalue weighted by atomic mass is 9.96. The summed E-state index contributed by atoms with van der Waals surface area (Å²) < 4.78 is 6.02. The average Bonchev–Trinajstić information content (AvgIpc) is 3.24. The predicted molar refractivity (Wildman–Crippen MR) is 126 cm³/mol. The number of thiophene rings is 1. The van der Waals surface area contributed by atoms with Crippen molar-refractivity contribution < 1.29 is 19.1 Å². The smallest absolute Gasteiger partial charge is 0.348 e. The van der Waals surface area contributed by atoms with Crippen LogP contribution in [0.25, 0.3) is 10.1 Å². The zero-order valence-corrected chi connectivity index (χ0v) is 18.6. The number of esters is 1. The van der Waals surface area contributed by atoms with Crippen molar-refractivity contribution >= 4 is 50.7 Å². The third kappa shape index (κ3) is 5.08. The molecule has 2 aromatic carbocycles. The summed E-state index contributed by atoms with van der Waals surface area (Å²) in [4.78, 5) is 39.4. The summed E-state index contributed by atoms with van der Waals surface area (Å²) in [5.41, 5.74) is 1.45. The molecular formula is C24H25N3O4S. The van der Waals surface area contributed by atoms with E-state index in [4.69, 9.17) is 4.74 Å². The van der Waals surface area contributed by atoms with Gasteiger partial charge in [0.05, 0.1) is 6.61 Å². The third-order valence-electron chi connectivity index (χ3n) is 5.44. The van der Waals surface area contributed by atoms with Crippen molar-refractivity contribution in [1.29, 1.82) is 0 Å². The van der Waals surface area contributed by atoms with Gasteiger partial charge in [0.1, 0.15) is 4.88 Å². The van der Waals surface area contributed by atoms with Crippen molar-refractivity contribution in [1.82, 2.24) is 4.90 Å². The van der Waals surface area contributed by atoms with Crippen molar-refractivity contribution in [3.05, 3.63) is 59.5 Å². The number of para-hydroxylation sites is 1. The second-order valence-electron chi connectivity index (χ2n) is 7.63. The van der Waals surface area contributed by atoms with Crippen molar-refractivity contribution in [2.45, 2.75) is 19.8 Å². The molecule has 166 valence electrons. The van der Waals surface area contributed by atoms with Gasteiger partial charge in [0, 0.05) is 35.1 Å². The molecule has 7 nitrogen and oxygen atoms in total. The van der Waals surface area contributed by atoms with E-state index in [1.165, 1.54) is 11.3 Å². The minimum absolute atomic E-state index is 0.0479. The Kier molecular flexibility index (Phi) is 6.70. The molecule has 0 saturated carbocycles. The van der Waals surface area contributed by atoms with E-state index in [9.17, 15) is 14.4 Å². The zero-order valence-electron chi connectivity index (χ0n) is 17.8. The van der Waals surface area contributed by atoms with Gasteiger partial charge in [-0.3, -0.25) is 4.79 Å². The second-order valence-corrected chi connectivity index (χ2v) is 8.71. The van der Waals surface area contributed by atoms with Crippen molar-refractivity contribution in [3.63, 3.8) is 0 Å². The largest absolute Gasteiger partial charge is 0.462 e. The lowest BCUT2D eigenvalue weighted by molar-refractivity contribution is -0.121. The van der Waals surface area contributed by atoms with Gasteiger partial charge in [-0.1, -0.05) is 18.2 Å². The molecule has 0 radical (unpaired) electrons. The lowest BCUT2D eigenvalue weighted by Crippen LogP contribution is -2.43. The van der Waals surface area contributed by atoms with Gasteiger partial charge in [0.25, 0.3) is 0 Å². The van der Waals surface area contributed by atoms with Crippen LogP contribution in [0, 0.1) is 5.92 Å². The standard InChI is InChI=1S/C24H25N3O4S/c1-2-31-23(29)21-15-17-14-19(8-9-20(17)32-21)25-22(28)16-10-12-27(13-11-16)24(30)26-18-6-4-3-5-7-18/h3-9,14-16H,2,10-13H2,1H3,(H,25,28)(H,26,30). The number of carbonyl (C=O) groups excluding carboxylic acids is 3. The highest BCUT2D eigenvalue weighted by atomic mass is 32.1. The first-order valence-electron chi connectivity index (χ1n) is 10.7. The molecule has 3 amide bonds. The van der Waals surface area contributed by atoms with Crippen LogP contribution in [0.4, 0.5) is 16.2 Å². The van der Waals surface area contributed by atoms with Crippen LogP contribution in [-0.4, -0.2) is 42.5 Å². The van der Waals surface area contributed by atoms with E-state index in [0.717, 1.165) is 15.8 Å². The van der Waals surface area contributed by atoms with Crippen molar-refractivity contribution in [2.24, 2.45) is 5.92 Å². The topological polar surface area (TPSA) is 87.7 Å².